The Balaban J connectivity index is 1.89. The van der Waals surface area contributed by atoms with Crippen LogP contribution in [0.3, 0.4) is 0 Å². The van der Waals surface area contributed by atoms with Gasteiger partial charge in [-0.1, -0.05) is 0 Å². The highest BCUT2D eigenvalue weighted by atomic mass is 16.6. The van der Waals surface area contributed by atoms with Crippen molar-refractivity contribution in [2.75, 3.05) is 10.6 Å². The summed E-state index contributed by atoms with van der Waals surface area (Å²) in [7, 11) is 0. The summed E-state index contributed by atoms with van der Waals surface area (Å²) in [6.07, 6.45) is 6.18. The van der Waals surface area contributed by atoms with E-state index in [-0.39, 0.29) is 34.4 Å². The fourth-order valence-corrected chi connectivity index (χ4v) is 3.94. The number of nitro groups is 1. The number of hydrogen-bond donors (Lipinski definition) is 3. The van der Waals surface area contributed by atoms with Crippen molar-refractivity contribution >= 4 is 23.0 Å². The van der Waals surface area contributed by atoms with Crippen molar-refractivity contribution in [3.05, 3.63) is 41.0 Å². The summed E-state index contributed by atoms with van der Waals surface area (Å²) in [4.78, 5) is 23.5. The van der Waals surface area contributed by atoms with Crippen LogP contribution in [-0.2, 0) is 0 Å². The fraction of sp³-hybridized carbons (Fsp3) is 0.500. The molecule has 1 saturated heterocycles. The van der Waals surface area contributed by atoms with Crippen molar-refractivity contribution < 1.29 is 4.92 Å². The second-order valence-corrected chi connectivity index (χ2v) is 8.19. The van der Waals surface area contributed by atoms with Crippen LogP contribution in [-0.4, -0.2) is 37.0 Å². The lowest BCUT2D eigenvalue weighted by atomic mass is 9.79. The molecule has 2 aromatic heterocycles. The van der Waals surface area contributed by atoms with Crippen LogP contribution in [0.4, 0.5) is 23.0 Å². The smallest absolute Gasteiger partial charge is 0.353 e. The summed E-state index contributed by atoms with van der Waals surface area (Å²) in [6, 6.07) is 3.56. The molecule has 0 aromatic carbocycles. The molecule has 1 fully saturated rings. The summed E-state index contributed by atoms with van der Waals surface area (Å²) in [5, 5.41) is 21.6. The Morgan fingerprint density at radius 3 is 2.44 bits per heavy atom. The van der Waals surface area contributed by atoms with Gasteiger partial charge in [0.2, 0.25) is 11.6 Å². The predicted octanol–water partition coefficient (Wildman–Crippen LogP) is 3.24. The number of piperidine rings is 1. The first-order chi connectivity index (χ1) is 12.7. The third-order valence-corrected chi connectivity index (χ3v) is 4.46. The SMILES string of the molecule is CC1(C)CC(Nc2ncnc(Nc3cccnc3)c2[N+](=O)[O-])CC(C)(C)N1. The van der Waals surface area contributed by atoms with Gasteiger partial charge in [-0.25, -0.2) is 9.97 Å². The fourth-order valence-electron chi connectivity index (χ4n) is 3.94. The Kier molecular flexibility index (Phi) is 4.97. The molecular formula is C18H25N7O2. The first-order valence-corrected chi connectivity index (χ1v) is 8.88. The maximum atomic E-state index is 11.7. The Hall–Kier alpha value is -2.81. The molecule has 0 atom stereocenters. The molecule has 0 spiro atoms. The lowest BCUT2D eigenvalue weighted by Crippen LogP contribution is -2.60. The molecule has 3 rings (SSSR count). The number of rotatable bonds is 5. The molecule has 2 aromatic rings. The van der Waals surface area contributed by atoms with E-state index in [1.54, 1.807) is 24.5 Å². The summed E-state index contributed by atoms with van der Waals surface area (Å²) < 4.78 is 0. The molecule has 3 N–H and O–H groups in total. The van der Waals surface area contributed by atoms with Crippen LogP contribution in [0.15, 0.2) is 30.9 Å². The van der Waals surface area contributed by atoms with Gasteiger partial charge in [-0.2, -0.15) is 0 Å². The topological polar surface area (TPSA) is 118 Å². The van der Waals surface area contributed by atoms with Crippen LogP contribution in [0, 0.1) is 10.1 Å². The molecule has 3 heterocycles. The quantitative estimate of drug-likeness (QED) is 0.541. The van der Waals surface area contributed by atoms with E-state index in [4.69, 9.17) is 0 Å². The molecular weight excluding hydrogens is 346 g/mol. The van der Waals surface area contributed by atoms with Gasteiger partial charge in [0.15, 0.2) is 0 Å². The van der Waals surface area contributed by atoms with Gasteiger partial charge >= 0.3 is 5.69 Å². The van der Waals surface area contributed by atoms with Gasteiger partial charge in [-0.05, 0) is 52.7 Å². The van der Waals surface area contributed by atoms with Crippen LogP contribution in [0.2, 0.25) is 0 Å². The van der Waals surface area contributed by atoms with E-state index in [1.807, 2.05) is 0 Å². The number of anilines is 3. The molecule has 1 aliphatic heterocycles. The van der Waals surface area contributed by atoms with E-state index in [2.05, 4.69) is 58.6 Å². The average Bonchev–Trinajstić information content (AvgIpc) is 2.52. The third-order valence-electron chi connectivity index (χ3n) is 4.46. The second kappa shape index (κ2) is 7.07. The van der Waals surface area contributed by atoms with Crippen molar-refractivity contribution in [2.45, 2.75) is 57.7 Å². The van der Waals surface area contributed by atoms with Gasteiger partial charge in [0.25, 0.3) is 0 Å². The molecule has 144 valence electrons. The van der Waals surface area contributed by atoms with E-state index in [0.29, 0.717) is 5.69 Å². The second-order valence-electron chi connectivity index (χ2n) is 8.19. The van der Waals surface area contributed by atoms with Crippen molar-refractivity contribution in [1.82, 2.24) is 20.3 Å². The van der Waals surface area contributed by atoms with Gasteiger partial charge in [0, 0.05) is 23.3 Å². The van der Waals surface area contributed by atoms with Crippen molar-refractivity contribution in [3.63, 3.8) is 0 Å². The van der Waals surface area contributed by atoms with Crippen LogP contribution in [0.5, 0.6) is 0 Å². The van der Waals surface area contributed by atoms with Crippen LogP contribution >= 0.6 is 0 Å². The van der Waals surface area contributed by atoms with Crippen molar-refractivity contribution in [1.29, 1.82) is 0 Å². The number of aromatic nitrogens is 3. The third kappa shape index (κ3) is 4.68. The lowest BCUT2D eigenvalue weighted by Gasteiger charge is -2.46. The number of nitrogens with one attached hydrogen (secondary N) is 3. The first-order valence-electron chi connectivity index (χ1n) is 8.88. The number of pyridine rings is 1. The minimum Gasteiger partial charge on any atom is -0.361 e. The highest BCUT2D eigenvalue weighted by Gasteiger charge is 2.38. The van der Waals surface area contributed by atoms with E-state index < -0.39 is 4.92 Å². The summed E-state index contributed by atoms with van der Waals surface area (Å²) in [5.74, 6) is 0.359. The van der Waals surface area contributed by atoms with Gasteiger partial charge < -0.3 is 16.0 Å². The summed E-state index contributed by atoms with van der Waals surface area (Å²) in [6.45, 7) is 8.53. The molecule has 9 nitrogen and oxygen atoms in total. The Labute approximate surface area is 158 Å². The zero-order valence-electron chi connectivity index (χ0n) is 16.0. The summed E-state index contributed by atoms with van der Waals surface area (Å²) in [5.41, 5.74) is 0.278. The lowest BCUT2D eigenvalue weighted by molar-refractivity contribution is -0.383. The highest BCUT2D eigenvalue weighted by molar-refractivity contribution is 5.73. The number of nitrogens with zero attached hydrogens (tertiary/aromatic N) is 4. The predicted molar refractivity (Wildman–Crippen MR) is 104 cm³/mol. The van der Waals surface area contributed by atoms with Crippen LogP contribution in [0.25, 0.3) is 0 Å². The Bertz CT molecular complexity index is 808. The van der Waals surface area contributed by atoms with E-state index in [1.165, 1.54) is 6.33 Å². The molecule has 0 bridgehead atoms. The molecule has 0 radical (unpaired) electrons. The van der Waals surface area contributed by atoms with E-state index in [9.17, 15) is 10.1 Å². The highest BCUT2D eigenvalue weighted by Crippen LogP contribution is 2.35. The maximum absolute atomic E-state index is 11.7. The Morgan fingerprint density at radius 2 is 1.85 bits per heavy atom. The average molecular weight is 371 g/mol. The zero-order valence-corrected chi connectivity index (χ0v) is 16.0. The van der Waals surface area contributed by atoms with Gasteiger partial charge in [0.05, 0.1) is 16.8 Å². The van der Waals surface area contributed by atoms with E-state index >= 15 is 0 Å². The van der Waals surface area contributed by atoms with Gasteiger partial charge in [-0.15, -0.1) is 0 Å². The van der Waals surface area contributed by atoms with E-state index in [0.717, 1.165) is 12.8 Å². The molecule has 0 saturated carbocycles. The monoisotopic (exact) mass is 371 g/mol. The maximum Gasteiger partial charge on any atom is 0.353 e. The number of hydrogen-bond acceptors (Lipinski definition) is 8. The normalized spacial score (nSPS) is 18.7. The van der Waals surface area contributed by atoms with Crippen molar-refractivity contribution in [3.8, 4) is 0 Å². The molecule has 0 aliphatic carbocycles. The minimum atomic E-state index is -0.460. The van der Waals surface area contributed by atoms with Crippen LogP contribution < -0.4 is 16.0 Å². The minimum absolute atomic E-state index is 0.0519. The Morgan fingerprint density at radius 1 is 1.19 bits per heavy atom. The van der Waals surface area contributed by atoms with Crippen molar-refractivity contribution in [2.24, 2.45) is 0 Å². The molecule has 0 unspecified atom stereocenters. The van der Waals surface area contributed by atoms with Gasteiger partial charge in [-0.3, -0.25) is 15.1 Å². The largest absolute Gasteiger partial charge is 0.361 e. The van der Waals surface area contributed by atoms with Crippen LogP contribution in [0.1, 0.15) is 40.5 Å². The molecule has 27 heavy (non-hydrogen) atoms. The molecule has 1 aliphatic rings. The molecule has 9 heteroatoms. The standard InChI is InChI=1S/C18H25N7O2/c1-17(2)8-13(9-18(3,4)24-17)23-16-14(25(26)27)15(20-11-21-16)22-12-6-5-7-19-10-12/h5-7,10-11,13,24H,8-9H2,1-4H3,(H2,20,21,22,23). The van der Waals surface area contributed by atoms with Gasteiger partial charge in [0.1, 0.15) is 6.33 Å². The zero-order chi connectivity index (χ0) is 19.7. The summed E-state index contributed by atoms with van der Waals surface area (Å²) >= 11 is 0. The molecule has 0 amide bonds. The first kappa shape index (κ1) is 19.0.